The second-order valence-electron chi connectivity index (χ2n) is 5.13. The third-order valence-electron chi connectivity index (χ3n) is 3.50. The number of anilines is 1. The minimum absolute atomic E-state index is 0. The predicted molar refractivity (Wildman–Crippen MR) is 99.3 cm³/mol. The van der Waals surface area contributed by atoms with Gasteiger partial charge in [-0.2, -0.15) is 0 Å². The molecule has 2 aromatic rings. The molecule has 0 bridgehead atoms. The van der Waals surface area contributed by atoms with Crippen molar-refractivity contribution in [2.24, 2.45) is 0 Å². The Morgan fingerprint density at radius 2 is 1.74 bits per heavy atom. The molecule has 0 aliphatic carbocycles. The largest absolute Gasteiger partial charge is 0.325 e. The molecule has 124 valence electrons. The average Bonchev–Trinajstić information content (AvgIpc) is 2.54. The van der Waals surface area contributed by atoms with E-state index >= 15 is 0 Å². The van der Waals surface area contributed by atoms with Crippen LogP contribution in [0.25, 0.3) is 0 Å². The van der Waals surface area contributed by atoms with Crippen molar-refractivity contribution in [1.82, 2.24) is 4.90 Å². The quantitative estimate of drug-likeness (QED) is 0.788. The van der Waals surface area contributed by atoms with Gasteiger partial charge in [0.15, 0.2) is 0 Å². The van der Waals surface area contributed by atoms with E-state index in [1.165, 1.54) is 5.56 Å². The van der Waals surface area contributed by atoms with Crippen LogP contribution in [0.2, 0.25) is 5.02 Å². The fourth-order valence-electron chi connectivity index (χ4n) is 2.23. The van der Waals surface area contributed by atoms with E-state index in [0.717, 1.165) is 19.6 Å². The van der Waals surface area contributed by atoms with Crippen LogP contribution in [0.15, 0.2) is 54.6 Å². The number of carbonyl (C=O) groups excluding carboxylic acids is 1. The lowest BCUT2D eigenvalue weighted by atomic mass is 10.2. The van der Waals surface area contributed by atoms with Gasteiger partial charge in [0.05, 0.1) is 10.7 Å². The number of amides is 1. The van der Waals surface area contributed by atoms with Crippen molar-refractivity contribution < 1.29 is 4.79 Å². The first-order valence-corrected chi connectivity index (χ1v) is 7.87. The van der Waals surface area contributed by atoms with E-state index in [2.05, 4.69) is 29.3 Å². The minimum Gasteiger partial charge on any atom is -0.325 e. The van der Waals surface area contributed by atoms with Crippen molar-refractivity contribution in [3.8, 4) is 0 Å². The van der Waals surface area contributed by atoms with Crippen LogP contribution in [0, 0.1) is 0 Å². The molecule has 23 heavy (non-hydrogen) atoms. The lowest BCUT2D eigenvalue weighted by molar-refractivity contribution is -0.116. The Kier molecular flexibility index (Phi) is 8.70. The highest BCUT2D eigenvalue weighted by molar-refractivity contribution is 6.33. The zero-order valence-electron chi connectivity index (χ0n) is 13.2. The van der Waals surface area contributed by atoms with Crippen LogP contribution in [-0.2, 0) is 11.3 Å². The molecular weight excluding hydrogens is 331 g/mol. The Bertz CT molecular complexity index is 605. The number of benzene rings is 2. The van der Waals surface area contributed by atoms with Gasteiger partial charge < -0.3 is 5.32 Å². The highest BCUT2D eigenvalue weighted by atomic mass is 35.5. The molecule has 0 saturated heterocycles. The molecule has 5 heteroatoms. The zero-order chi connectivity index (χ0) is 15.8. The molecule has 2 aromatic carbocycles. The van der Waals surface area contributed by atoms with Gasteiger partial charge >= 0.3 is 0 Å². The van der Waals surface area contributed by atoms with Gasteiger partial charge in [-0.3, -0.25) is 9.69 Å². The Hall–Kier alpha value is -1.55. The summed E-state index contributed by atoms with van der Waals surface area (Å²) in [5.41, 5.74) is 1.93. The summed E-state index contributed by atoms with van der Waals surface area (Å²) in [6.07, 6.45) is 0.450. The zero-order valence-corrected chi connectivity index (χ0v) is 14.7. The number of hydrogen-bond donors (Lipinski definition) is 1. The normalized spacial score (nSPS) is 10.2. The maximum absolute atomic E-state index is 12.0. The van der Waals surface area contributed by atoms with Gasteiger partial charge in [0.2, 0.25) is 5.91 Å². The molecule has 0 heterocycles. The maximum atomic E-state index is 12.0. The predicted octanol–water partition coefficient (Wildman–Crippen LogP) is 4.61. The molecule has 2 rings (SSSR count). The molecule has 0 radical (unpaired) electrons. The average molecular weight is 353 g/mol. The first kappa shape index (κ1) is 19.5. The van der Waals surface area contributed by atoms with Gasteiger partial charge in [-0.25, -0.2) is 0 Å². The van der Waals surface area contributed by atoms with E-state index in [-0.39, 0.29) is 18.3 Å². The lowest BCUT2D eigenvalue weighted by Crippen LogP contribution is -2.27. The first-order chi connectivity index (χ1) is 10.7. The fraction of sp³-hybridized carbons (Fsp3) is 0.278. The number of hydrogen-bond acceptors (Lipinski definition) is 2. The van der Waals surface area contributed by atoms with Crippen LogP contribution in [0.1, 0.15) is 18.9 Å². The maximum Gasteiger partial charge on any atom is 0.225 e. The number of nitrogens with zero attached hydrogens (tertiary/aromatic N) is 1. The fourth-order valence-corrected chi connectivity index (χ4v) is 2.41. The van der Waals surface area contributed by atoms with Gasteiger partial charge in [0.25, 0.3) is 0 Å². The van der Waals surface area contributed by atoms with Crippen LogP contribution in [0.4, 0.5) is 5.69 Å². The van der Waals surface area contributed by atoms with E-state index < -0.39 is 0 Å². The summed E-state index contributed by atoms with van der Waals surface area (Å²) >= 11 is 6.04. The molecular formula is C18H22Cl2N2O. The smallest absolute Gasteiger partial charge is 0.225 e. The molecule has 0 saturated carbocycles. The Labute approximate surface area is 149 Å². The van der Waals surface area contributed by atoms with Crippen molar-refractivity contribution in [2.75, 3.05) is 18.4 Å². The van der Waals surface area contributed by atoms with Crippen molar-refractivity contribution >= 4 is 35.6 Å². The second kappa shape index (κ2) is 10.3. The Balaban J connectivity index is 0.00000264. The summed E-state index contributed by atoms with van der Waals surface area (Å²) in [7, 11) is 0. The van der Waals surface area contributed by atoms with Gasteiger partial charge in [-0.1, -0.05) is 61.0 Å². The molecule has 1 amide bonds. The number of para-hydroxylation sites is 1. The molecule has 0 fully saturated rings. The van der Waals surface area contributed by atoms with Crippen molar-refractivity contribution in [3.63, 3.8) is 0 Å². The van der Waals surface area contributed by atoms with Gasteiger partial charge in [0, 0.05) is 19.5 Å². The van der Waals surface area contributed by atoms with E-state index in [1.807, 2.05) is 36.4 Å². The van der Waals surface area contributed by atoms with E-state index in [0.29, 0.717) is 17.1 Å². The second-order valence-corrected chi connectivity index (χ2v) is 5.54. The van der Waals surface area contributed by atoms with E-state index in [1.54, 1.807) is 6.07 Å². The van der Waals surface area contributed by atoms with E-state index in [9.17, 15) is 4.79 Å². The minimum atomic E-state index is -0.0142. The Morgan fingerprint density at radius 1 is 1.09 bits per heavy atom. The molecule has 1 N–H and O–H groups in total. The van der Waals surface area contributed by atoms with Crippen molar-refractivity contribution in [1.29, 1.82) is 0 Å². The van der Waals surface area contributed by atoms with Crippen LogP contribution in [0.5, 0.6) is 0 Å². The van der Waals surface area contributed by atoms with Crippen LogP contribution in [-0.4, -0.2) is 23.9 Å². The highest BCUT2D eigenvalue weighted by Gasteiger charge is 2.09. The van der Waals surface area contributed by atoms with Crippen LogP contribution < -0.4 is 5.32 Å². The van der Waals surface area contributed by atoms with Gasteiger partial charge in [-0.15, -0.1) is 12.4 Å². The summed E-state index contributed by atoms with van der Waals surface area (Å²) in [5.74, 6) is -0.0142. The first-order valence-electron chi connectivity index (χ1n) is 7.49. The standard InChI is InChI=1S/C18H21ClN2O.ClH/c1-2-21(14-15-8-4-3-5-9-15)13-12-18(22)20-17-11-7-6-10-16(17)19;/h3-11H,2,12-14H2,1H3,(H,20,22);1H. The summed E-state index contributed by atoms with van der Waals surface area (Å²) in [4.78, 5) is 14.3. The highest BCUT2D eigenvalue weighted by Crippen LogP contribution is 2.20. The lowest BCUT2D eigenvalue weighted by Gasteiger charge is -2.20. The SMILES string of the molecule is CCN(CCC(=O)Nc1ccccc1Cl)Cc1ccccc1.Cl. The molecule has 0 unspecified atom stereocenters. The molecule has 0 atom stereocenters. The summed E-state index contributed by atoms with van der Waals surface area (Å²) in [5, 5.41) is 3.42. The van der Waals surface area contributed by atoms with Crippen molar-refractivity contribution in [2.45, 2.75) is 19.9 Å². The third kappa shape index (κ3) is 6.61. The molecule has 0 aliphatic heterocycles. The summed E-state index contributed by atoms with van der Waals surface area (Å²) in [6.45, 7) is 4.60. The van der Waals surface area contributed by atoms with Crippen molar-refractivity contribution in [3.05, 3.63) is 65.2 Å². The van der Waals surface area contributed by atoms with Gasteiger partial charge in [-0.05, 0) is 24.2 Å². The van der Waals surface area contributed by atoms with Crippen LogP contribution in [0.3, 0.4) is 0 Å². The monoisotopic (exact) mass is 352 g/mol. The molecule has 3 nitrogen and oxygen atoms in total. The topological polar surface area (TPSA) is 32.3 Å². The van der Waals surface area contributed by atoms with E-state index in [4.69, 9.17) is 11.6 Å². The molecule has 0 spiro atoms. The number of carbonyl (C=O) groups is 1. The van der Waals surface area contributed by atoms with Crippen LogP contribution >= 0.6 is 24.0 Å². The molecule has 0 aliphatic rings. The number of rotatable bonds is 7. The number of halogens is 2. The third-order valence-corrected chi connectivity index (χ3v) is 3.83. The molecule has 0 aromatic heterocycles. The van der Waals surface area contributed by atoms with Gasteiger partial charge in [0.1, 0.15) is 0 Å². The number of nitrogens with one attached hydrogen (secondary N) is 1. The Morgan fingerprint density at radius 3 is 2.39 bits per heavy atom. The summed E-state index contributed by atoms with van der Waals surface area (Å²) in [6, 6.07) is 17.6. The summed E-state index contributed by atoms with van der Waals surface area (Å²) < 4.78 is 0.